The lowest BCUT2D eigenvalue weighted by Crippen LogP contribution is -2.30. The number of thiol groups is 1. The molecule has 0 spiro atoms. The van der Waals surface area contributed by atoms with E-state index in [1.807, 2.05) is 0 Å². The molecule has 0 aliphatic heterocycles. The second kappa shape index (κ2) is 4.17. The van der Waals surface area contributed by atoms with Crippen LogP contribution in [0.1, 0.15) is 32.6 Å². The van der Waals surface area contributed by atoms with E-state index in [0.717, 1.165) is 6.54 Å². The van der Waals surface area contributed by atoms with Gasteiger partial charge in [0, 0.05) is 6.54 Å². The molecule has 0 atom stereocenters. The minimum Gasteiger partial charge on any atom is -0.355 e. The van der Waals surface area contributed by atoms with Gasteiger partial charge in [-0.25, -0.2) is 0 Å². The van der Waals surface area contributed by atoms with Gasteiger partial charge in [0.25, 0.3) is 0 Å². The molecular weight excluding hydrogens is 170 g/mol. The topological polar surface area (TPSA) is 29.1 Å². The zero-order valence-corrected chi connectivity index (χ0v) is 8.49. The molecule has 0 heterocycles. The van der Waals surface area contributed by atoms with E-state index in [0.29, 0.717) is 11.2 Å². The van der Waals surface area contributed by atoms with Crippen LogP contribution in [0, 0.1) is 5.41 Å². The normalized spacial score (nSPS) is 18.8. The predicted octanol–water partition coefficient (Wildman–Crippen LogP) is 1.61. The Kier molecular flexibility index (Phi) is 3.44. The molecule has 0 aromatic rings. The summed E-state index contributed by atoms with van der Waals surface area (Å²) in [4.78, 5) is 10.9. The highest BCUT2D eigenvalue weighted by Crippen LogP contribution is 2.48. The lowest BCUT2D eigenvalue weighted by atomic mass is 10.0. The fourth-order valence-electron chi connectivity index (χ4n) is 1.56. The van der Waals surface area contributed by atoms with E-state index in [1.165, 1.54) is 25.7 Å². The second-order valence-electron chi connectivity index (χ2n) is 3.68. The van der Waals surface area contributed by atoms with E-state index in [9.17, 15) is 4.79 Å². The van der Waals surface area contributed by atoms with Crippen molar-refractivity contribution in [3.63, 3.8) is 0 Å². The van der Waals surface area contributed by atoms with Crippen LogP contribution in [0.5, 0.6) is 0 Å². The molecule has 1 amide bonds. The Balaban J connectivity index is 2.17. The van der Waals surface area contributed by atoms with Crippen molar-refractivity contribution in [1.29, 1.82) is 0 Å². The van der Waals surface area contributed by atoms with Crippen LogP contribution in [0.25, 0.3) is 0 Å². The largest absolute Gasteiger partial charge is 0.355 e. The first-order valence-corrected chi connectivity index (χ1v) is 5.23. The summed E-state index contributed by atoms with van der Waals surface area (Å²) in [5, 5.41) is 2.90. The molecule has 3 heteroatoms. The maximum Gasteiger partial charge on any atom is 0.229 e. The molecule has 1 N–H and O–H groups in total. The number of hydrogen-bond acceptors (Lipinski definition) is 2. The Morgan fingerprint density at radius 1 is 1.58 bits per heavy atom. The first-order valence-electron chi connectivity index (χ1n) is 4.60. The predicted molar refractivity (Wildman–Crippen MR) is 53.4 cm³/mol. The van der Waals surface area contributed by atoms with Gasteiger partial charge in [0.05, 0.1) is 5.75 Å². The summed E-state index contributed by atoms with van der Waals surface area (Å²) in [5.74, 6) is 0.364. The minimum atomic E-state index is 0.0562. The third kappa shape index (κ3) is 2.70. The van der Waals surface area contributed by atoms with E-state index in [-0.39, 0.29) is 5.91 Å². The zero-order valence-electron chi connectivity index (χ0n) is 7.60. The van der Waals surface area contributed by atoms with Gasteiger partial charge < -0.3 is 5.32 Å². The van der Waals surface area contributed by atoms with Gasteiger partial charge in [-0.05, 0) is 24.7 Å². The van der Waals surface area contributed by atoms with Gasteiger partial charge in [0.1, 0.15) is 0 Å². The second-order valence-corrected chi connectivity index (χ2v) is 4.00. The van der Waals surface area contributed by atoms with E-state index < -0.39 is 0 Å². The molecule has 1 fully saturated rings. The lowest BCUT2D eigenvalue weighted by molar-refractivity contribution is -0.118. The van der Waals surface area contributed by atoms with Crippen molar-refractivity contribution in [3.05, 3.63) is 0 Å². The summed E-state index contributed by atoms with van der Waals surface area (Å²) in [5.41, 5.74) is 0.466. The van der Waals surface area contributed by atoms with E-state index in [4.69, 9.17) is 0 Å². The quantitative estimate of drug-likeness (QED) is 0.629. The number of carbonyl (C=O) groups is 1. The molecule has 1 saturated carbocycles. The third-order valence-corrected chi connectivity index (χ3v) is 2.83. The number of nitrogens with one attached hydrogen (secondary N) is 1. The Morgan fingerprint density at radius 3 is 2.67 bits per heavy atom. The van der Waals surface area contributed by atoms with Crippen LogP contribution in [-0.4, -0.2) is 18.2 Å². The standard InChI is InChI=1S/C9H17NOS/c1-2-3-9(4-5-9)7-10-8(11)6-12/h12H,2-7H2,1H3,(H,10,11). The molecule has 1 rings (SSSR count). The third-order valence-electron chi connectivity index (χ3n) is 2.54. The number of hydrogen-bond donors (Lipinski definition) is 2. The lowest BCUT2D eigenvalue weighted by Gasteiger charge is -2.13. The van der Waals surface area contributed by atoms with Crippen LogP contribution in [0.3, 0.4) is 0 Å². The molecule has 0 aromatic carbocycles. The molecule has 0 aromatic heterocycles. The van der Waals surface area contributed by atoms with Crippen molar-refractivity contribution in [2.24, 2.45) is 5.41 Å². The van der Waals surface area contributed by atoms with Crippen LogP contribution in [0.15, 0.2) is 0 Å². The van der Waals surface area contributed by atoms with Crippen molar-refractivity contribution in [3.8, 4) is 0 Å². The number of amides is 1. The highest BCUT2D eigenvalue weighted by Gasteiger charge is 2.41. The van der Waals surface area contributed by atoms with Gasteiger partial charge in [-0.15, -0.1) is 0 Å². The highest BCUT2D eigenvalue weighted by molar-refractivity contribution is 7.81. The van der Waals surface area contributed by atoms with Gasteiger partial charge in [-0.1, -0.05) is 13.3 Å². The number of rotatable bonds is 5. The Hall–Kier alpha value is -0.180. The number of carbonyl (C=O) groups excluding carboxylic acids is 1. The Morgan fingerprint density at radius 2 is 2.25 bits per heavy atom. The first kappa shape index (κ1) is 9.90. The molecule has 1 aliphatic rings. The minimum absolute atomic E-state index is 0.0562. The van der Waals surface area contributed by atoms with E-state index >= 15 is 0 Å². The van der Waals surface area contributed by atoms with Crippen LogP contribution in [0.2, 0.25) is 0 Å². The Labute approximate surface area is 79.5 Å². The van der Waals surface area contributed by atoms with Gasteiger partial charge in [0.2, 0.25) is 5.91 Å². The van der Waals surface area contributed by atoms with Crippen LogP contribution < -0.4 is 5.32 Å². The summed E-state index contributed by atoms with van der Waals surface area (Å²) in [6.45, 7) is 3.06. The molecule has 0 radical (unpaired) electrons. The fraction of sp³-hybridized carbons (Fsp3) is 0.889. The van der Waals surface area contributed by atoms with E-state index in [1.54, 1.807) is 0 Å². The molecule has 0 bridgehead atoms. The molecular formula is C9H17NOS. The van der Waals surface area contributed by atoms with Crippen molar-refractivity contribution in [1.82, 2.24) is 5.32 Å². The van der Waals surface area contributed by atoms with Gasteiger partial charge in [-0.2, -0.15) is 12.6 Å². The van der Waals surface area contributed by atoms with E-state index in [2.05, 4.69) is 24.9 Å². The highest BCUT2D eigenvalue weighted by atomic mass is 32.1. The van der Waals surface area contributed by atoms with Crippen molar-refractivity contribution in [2.45, 2.75) is 32.6 Å². The summed E-state index contributed by atoms with van der Waals surface area (Å²) in [7, 11) is 0. The Bertz CT molecular complexity index is 166. The molecule has 0 unspecified atom stereocenters. The summed E-state index contributed by atoms with van der Waals surface area (Å²) < 4.78 is 0. The van der Waals surface area contributed by atoms with Gasteiger partial charge >= 0.3 is 0 Å². The van der Waals surface area contributed by atoms with Gasteiger partial charge in [0.15, 0.2) is 0 Å². The molecule has 12 heavy (non-hydrogen) atoms. The smallest absolute Gasteiger partial charge is 0.229 e. The first-order chi connectivity index (χ1) is 5.72. The van der Waals surface area contributed by atoms with Gasteiger partial charge in [-0.3, -0.25) is 4.79 Å². The average molecular weight is 187 g/mol. The molecule has 1 aliphatic carbocycles. The summed E-state index contributed by atoms with van der Waals surface area (Å²) >= 11 is 3.91. The zero-order chi connectivity index (χ0) is 9.03. The summed E-state index contributed by atoms with van der Waals surface area (Å²) in [6, 6.07) is 0. The van der Waals surface area contributed by atoms with Crippen molar-refractivity contribution >= 4 is 18.5 Å². The SMILES string of the molecule is CCCC1(CNC(=O)CS)CC1. The summed E-state index contributed by atoms with van der Waals surface area (Å²) in [6.07, 6.45) is 5.04. The average Bonchev–Trinajstić information content (AvgIpc) is 2.82. The molecule has 70 valence electrons. The maximum atomic E-state index is 10.9. The fourth-order valence-corrected chi connectivity index (χ4v) is 1.68. The molecule has 0 saturated heterocycles. The van der Waals surface area contributed by atoms with Crippen LogP contribution in [-0.2, 0) is 4.79 Å². The monoisotopic (exact) mass is 187 g/mol. The van der Waals surface area contributed by atoms with Crippen LogP contribution in [0.4, 0.5) is 0 Å². The van der Waals surface area contributed by atoms with Crippen LogP contribution >= 0.6 is 12.6 Å². The molecule has 2 nitrogen and oxygen atoms in total. The maximum absolute atomic E-state index is 10.9. The van der Waals surface area contributed by atoms with Crippen molar-refractivity contribution in [2.75, 3.05) is 12.3 Å². The van der Waals surface area contributed by atoms with Crippen molar-refractivity contribution < 1.29 is 4.79 Å².